The predicted octanol–water partition coefficient (Wildman–Crippen LogP) is -1.54. The van der Waals surface area contributed by atoms with Gasteiger partial charge in [-0.3, -0.25) is 19.4 Å². The average molecular weight is 453 g/mol. The Bertz CT molecular complexity index is 530. The van der Waals surface area contributed by atoms with Gasteiger partial charge in [0.2, 0.25) is 0 Å². The molecule has 0 aromatic heterocycles. The fourth-order valence-electron chi connectivity index (χ4n) is 1.74. The SMILES string of the molecule is CC[C@H](C)[C@H](N)C(=O)O.NC(N)=NCCCC[C@H](N)C(=O)O.N[C@@H](CCCO)C(=O)O. The van der Waals surface area contributed by atoms with Crippen LogP contribution in [-0.2, 0) is 14.4 Å². The number of aliphatic imine (C=N–C) groups is 1. The number of guanidine groups is 1. The second-order valence-electron chi connectivity index (χ2n) is 6.81. The molecule has 0 unspecified atom stereocenters. The van der Waals surface area contributed by atoms with Crippen LogP contribution in [0.25, 0.3) is 0 Å². The van der Waals surface area contributed by atoms with E-state index in [0.29, 0.717) is 32.2 Å². The molecule has 31 heavy (non-hydrogen) atoms. The smallest absolute Gasteiger partial charge is 0.320 e. The maximum atomic E-state index is 10.3. The molecule has 0 aromatic rings. The molecule has 0 amide bonds. The summed E-state index contributed by atoms with van der Waals surface area (Å²) in [6, 6.07) is -2.30. The number of rotatable bonds is 13. The molecule has 0 aliphatic heterocycles. The van der Waals surface area contributed by atoms with Gasteiger partial charge in [0.05, 0.1) is 0 Å². The van der Waals surface area contributed by atoms with Gasteiger partial charge in [-0.05, 0) is 38.0 Å². The van der Waals surface area contributed by atoms with E-state index in [9.17, 15) is 14.4 Å². The summed E-state index contributed by atoms with van der Waals surface area (Å²) in [5, 5.41) is 33.2. The Morgan fingerprint density at radius 2 is 1.29 bits per heavy atom. The van der Waals surface area contributed by atoms with Crippen LogP contribution >= 0.6 is 0 Å². The lowest BCUT2D eigenvalue weighted by Crippen LogP contribution is -2.36. The van der Waals surface area contributed by atoms with E-state index in [-0.39, 0.29) is 18.5 Å². The number of aliphatic hydroxyl groups is 1. The minimum atomic E-state index is -1.01. The third kappa shape index (κ3) is 23.7. The first kappa shape index (κ1) is 33.2. The summed E-state index contributed by atoms with van der Waals surface area (Å²) < 4.78 is 0. The molecule has 0 aliphatic rings. The Kier molecular flexibility index (Phi) is 22.2. The Balaban J connectivity index is -0.000000390. The highest BCUT2D eigenvalue weighted by Gasteiger charge is 2.17. The number of hydrogen-bond donors (Lipinski definition) is 9. The molecule has 4 atom stereocenters. The van der Waals surface area contributed by atoms with Crippen molar-refractivity contribution in [1.82, 2.24) is 0 Å². The summed E-state index contributed by atoms with van der Waals surface area (Å²) in [6.07, 6.45) is 3.52. The van der Waals surface area contributed by atoms with Gasteiger partial charge < -0.3 is 49.1 Å². The molecule has 0 aliphatic carbocycles. The van der Waals surface area contributed by atoms with Gasteiger partial charge >= 0.3 is 17.9 Å². The van der Waals surface area contributed by atoms with Crippen LogP contribution in [0.15, 0.2) is 4.99 Å². The molecule has 0 radical (unpaired) electrons. The van der Waals surface area contributed by atoms with E-state index in [2.05, 4.69) is 4.99 Å². The van der Waals surface area contributed by atoms with Crippen molar-refractivity contribution in [2.45, 2.75) is 70.5 Å². The van der Waals surface area contributed by atoms with Crippen LogP contribution in [-0.4, -0.2) is 75.6 Å². The Labute approximate surface area is 182 Å². The summed E-state index contributed by atoms with van der Waals surface area (Å²) in [5.74, 6) is -2.76. The quantitative estimate of drug-likeness (QED) is 0.0872. The molecule has 0 spiro atoms. The molecule has 0 fully saturated rings. The van der Waals surface area contributed by atoms with Crippen molar-refractivity contribution in [2.75, 3.05) is 13.2 Å². The second kappa shape index (κ2) is 20.8. The first-order valence-electron chi connectivity index (χ1n) is 9.93. The number of aliphatic hydroxyl groups excluding tert-OH is 1. The van der Waals surface area contributed by atoms with Crippen LogP contribution in [0.5, 0.6) is 0 Å². The van der Waals surface area contributed by atoms with Gasteiger partial charge in [-0.1, -0.05) is 20.3 Å². The molecular weight excluding hydrogens is 412 g/mol. The van der Waals surface area contributed by atoms with Gasteiger partial charge in [0.15, 0.2) is 5.96 Å². The van der Waals surface area contributed by atoms with E-state index >= 15 is 0 Å². The lowest BCUT2D eigenvalue weighted by molar-refractivity contribution is -0.140. The van der Waals surface area contributed by atoms with Crippen molar-refractivity contribution in [2.24, 2.45) is 39.6 Å². The highest BCUT2D eigenvalue weighted by atomic mass is 16.4. The van der Waals surface area contributed by atoms with Crippen molar-refractivity contribution < 1.29 is 34.8 Å². The minimum absolute atomic E-state index is 0.000972. The maximum Gasteiger partial charge on any atom is 0.320 e. The third-order valence-corrected chi connectivity index (χ3v) is 4.07. The molecule has 13 nitrogen and oxygen atoms in total. The first-order chi connectivity index (χ1) is 14.3. The first-order valence-corrected chi connectivity index (χ1v) is 9.93. The van der Waals surface area contributed by atoms with Crippen molar-refractivity contribution in [3.8, 4) is 0 Å². The number of nitrogens with two attached hydrogens (primary N) is 5. The zero-order chi connectivity index (χ0) is 25.0. The lowest BCUT2D eigenvalue weighted by atomic mass is 10.0. The molecule has 0 aromatic carbocycles. The van der Waals surface area contributed by atoms with Crippen LogP contribution in [0.1, 0.15) is 52.4 Å². The van der Waals surface area contributed by atoms with Crippen LogP contribution < -0.4 is 28.7 Å². The van der Waals surface area contributed by atoms with Gasteiger partial charge in [-0.2, -0.15) is 0 Å². The largest absolute Gasteiger partial charge is 0.480 e. The normalized spacial score (nSPS) is 13.7. The van der Waals surface area contributed by atoms with E-state index in [1.165, 1.54) is 0 Å². The number of hydrogen-bond acceptors (Lipinski definition) is 8. The lowest BCUT2D eigenvalue weighted by Gasteiger charge is -2.11. The fraction of sp³-hybridized carbons (Fsp3) is 0.778. The molecule has 0 heterocycles. The Morgan fingerprint density at radius 3 is 1.58 bits per heavy atom. The summed E-state index contributed by atoms with van der Waals surface area (Å²) in [6.45, 7) is 4.28. The van der Waals surface area contributed by atoms with Gasteiger partial charge in [0, 0.05) is 13.2 Å². The van der Waals surface area contributed by atoms with E-state index in [1.54, 1.807) is 0 Å². The van der Waals surface area contributed by atoms with Crippen LogP contribution in [0.2, 0.25) is 0 Å². The molecule has 0 bridgehead atoms. The second-order valence-corrected chi connectivity index (χ2v) is 6.81. The molecule has 0 saturated heterocycles. The van der Waals surface area contributed by atoms with E-state index in [4.69, 9.17) is 49.1 Å². The van der Waals surface area contributed by atoms with Gasteiger partial charge in [-0.25, -0.2) is 0 Å². The molecule has 0 saturated carbocycles. The van der Waals surface area contributed by atoms with Crippen molar-refractivity contribution in [1.29, 1.82) is 0 Å². The number of carboxylic acids is 3. The molecule has 184 valence electrons. The van der Waals surface area contributed by atoms with Gasteiger partial charge in [0.1, 0.15) is 18.1 Å². The monoisotopic (exact) mass is 452 g/mol. The summed E-state index contributed by atoms with van der Waals surface area (Å²) >= 11 is 0. The summed E-state index contributed by atoms with van der Waals surface area (Å²) in [7, 11) is 0. The Hall–Kier alpha value is -2.48. The molecule has 0 rings (SSSR count). The van der Waals surface area contributed by atoms with Gasteiger partial charge in [0.25, 0.3) is 0 Å². The van der Waals surface area contributed by atoms with Crippen molar-refractivity contribution in [3.63, 3.8) is 0 Å². The van der Waals surface area contributed by atoms with Crippen molar-refractivity contribution >= 4 is 23.9 Å². The van der Waals surface area contributed by atoms with Crippen LogP contribution in [0, 0.1) is 5.92 Å². The highest BCUT2D eigenvalue weighted by Crippen LogP contribution is 2.04. The van der Waals surface area contributed by atoms with E-state index in [0.717, 1.165) is 12.8 Å². The molecular formula is C18H40N6O7. The summed E-state index contributed by atoms with van der Waals surface area (Å²) in [4.78, 5) is 34.2. The minimum Gasteiger partial charge on any atom is -0.480 e. The maximum absolute atomic E-state index is 10.3. The van der Waals surface area contributed by atoms with Crippen molar-refractivity contribution in [3.05, 3.63) is 0 Å². The zero-order valence-electron chi connectivity index (χ0n) is 18.3. The molecule has 14 N–H and O–H groups in total. The van der Waals surface area contributed by atoms with E-state index < -0.39 is 36.0 Å². The van der Waals surface area contributed by atoms with Crippen LogP contribution in [0.4, 0.5) is 0 Å². The van der Waals surface area contributed by atoms with E-state index in [1.807, 2.05) is 13.8 Å². The number of nitrogens with zero attached hydrogens (tertiary/aromatic N) is 1. The van der Waals surface area contributed by atoms with Gasteiger partial charge in [-0.15, -0.1) is 0 Å². The third-order valence-electron chi connectivity index (χ3n) is 4.07. The Morgan fingerprint density at radius 1 is 0.839 bits per heavy atom. The number of carbonyl (C=O) groups is 3. The average Bonchev–Trinajstić information content (AvgIpc) is 2.70. The number of aliphatic carboxylic acids is 3. The predicted molar refractivity (Wildman–Crippen MR) is 117 cm³/mol. The van der Waals surface area contributed by atoms with Crippen LogP contribution in [0.3, 0.4) is 0 Å². The number of unbranched alkanes of at least 4 members (excludes halogenated alkanes) is 1. The standard InChI is InChI=1S/C7H16N4O2.C6H13NO2.C5H11NO3/c8-5(6(12)13)3-1-2-4-11-7(9)10;1-3-4(2)5(7)6(8)9;6-4(5(8)9)2-1-3-7/h5H,1-4,8H2,(H,12,13)(H4,9,10,11);4-5H,3,7H2,1-2H3,(H,8,9);4,7H,1-3,6H2,(H,8,9)/t5-;4-,5-;4-/m000/s1. The zero-order valence-corrected chi connectivity index (χ0v) is 18.3. The number of carboxylic acid groups (broad SMARTS) is 3. The molecule has 13 heteroatoms. The fourth-order valence-corrected chi connectivity index (χ4v) is 1.74. The summed E-state index contributed by atoms with van der Waals surface area (Å²) in [5.41, 5.74) is 25.8. The topological polar surface area (TPSA) is 275 Å². The highest BCUT2D eigenvalue weighted by molar-refractivity contribution is 5.75.